The Morgan fingerprint density at radius 3 is 2.54 bits per heavy atom. The molecule has 2 fully saturated rings. The molecule has 0 saturated carbocycles. The minimum Gasteiger partial charge on any atom is -0.351 e. The second kappa shape index (κ2) is 9.52. The second-order valence-electron chi connectivity index (χ2n) is 7.68. The van der Waals surface area contributed by atoms with E-state index in [-0.39, 0.29) is 17.7 Å². The quantitative estimate of drug-likeness (QED) is 0.805. The minimum atomic E-state index is -0.0779. The fourth-order valence-corrected chi connectivity index (χ4v) is 4.73. The molecule has 0 aromatic carbocycles. The summed E-state index contributed by atoms with van der Waals surface area (Å²) in [6.07, 6.45) is 3.41. The predicted octanol–water partition coefficient (Wildman–Crippen LogP) is 1.54. The molecule has 1 aromatic heterocycles. The van der Waals surface area contributed by atoms with Gasteiger partial charge in [-0.2, -0.15) is 0 Å². The van der Waals surface area contributed by atoms with E-state index in [0.29, 0.717) is 37.1 Å². The third-order valence-corrected chi connectivity index (χ3v) is 6.60. The van der Waals surface area contributed by atoms with E-state index >= 15 is 0 Å². The van der Waals surface area contributed by atoms with Gasteiger partial charge in [0.25, 0.3) is 5.91 Å². The summed E-state index contributed by atoms with van der Waals surface area (Å²) in [6, 6.07) is 4.06. The molecule has 2 saturated heterocycles. The fraction of sp³-hybridized carbons (Fsp3) is 0.650. The monoisotopic (exact) mass is 406 g/mol. The number of hydrogen-bond acceptors (Lipinski definition) is 5. The van der Waals surface area contributed by atoms with Crippen LogP contribution in [0.25, 0.3) is 0 Å². The van der Waals surface area contributed by atoms with Crippen molar-refractivity contribution in [2.24, 2.45) is 0 Å². The van der Waals surface area contributed by atoms with Crippen molar-refractivity contribution >= 4 is 29.1 Å². The Kier molecular flexibility index (Phi) is 7.07. The van der Waals surface area contributed by atoms with Crippen LogP contribution >= 0.6 is 11.3 Å². The predicted molar refractivity (Wildman–Crippen MR) is 109 cm³/mol. The molecule has 1 aromatic rings. The molecular weight excluding hydrogens is 376 g/mol. The summed E-state index contributed by atoms with van der Waals surface area (Å²) >= 11 is 1.43. The lowest BCUT2D eigenvalue weighted by atomic mass is 10.0. The average Bonchev–Trinajstić information content (AvgIpc) is 3.16. The van der Waals surface area contributed by atoms with E-state index < -0.39 is 0 Å². The zero-order valence-electron chi connectivity index (χ0n) is 16.8. The van der Waals surface area contributed by atoms with Crippen molar-refractivity contribution in [3.63, 3.8) is 0 Å². The molecule has 1 unspecified atom stereocenters. The van der Waals surface area contributed by atoms with Gasteiger partial charge in [-0.05, 0) is 38.3 Å². The molecule has 0 spiro atoms. The topological polar surface area (TPSA) is 73.0 Å². The number of carbonyl (C=O) groups excluding carboxylic acids is 3. The Morgan fingerprint density at radius 2 is 1.86 bits per heavy atom. The summed E-state index contributed by atoms with van der Waals surface area (Å²) in [4.78, 5) is 44.1. The number of rotatable bonds is 5. The summed E-state index contributed by atoms with van der Waals surface area (Å²) in [6.45, 7) is 8.13. The van der Waals surface area contributed by atoms with Gasteiger partial charge < -0.3 is 15.1 Å². The van der Waals surface area contributed by atoms with Crippen molar-refractivity contribution in [3.05, 3.63) is 21.9 Å². The van der Waals surface area contributed by atoms with Gasteiger partial charge in [0.05, 0.1) is 18.0 Å². The first kappa shape index (κ1) is 20.8. The number of likely N-dealkylation sites (tertiary alicyclic amines) is 1. The second-order valence-corrected chi connectivity index (χ2v) is 8.84. The number of thiophene rings is 1. The number of nitrogens with one attached hydrogen (secondary N) is 1. The Bertz CT molecular complexity index is 712. The van der Waals surface area contributed by atoms with E-state index in [1.165, 1.54) is 24.7 Å². The van der Waals surface area contributed by atoms with Gasteiger partial charge in [0.2, 0.25) is 11.8 Å². The maximum atomic E-state index is 12.7. The molecular formula is C20H30N4O3S. The molecule has 1 atom stereocenters. The maximum Gasteiger partial charge on any atom is 0.264 e. The highest BCUT2D eigenvalue weighted by Crippen LogP contribution is 2.20. The first-order valence-electron chi connectivity index (χ1n) is 10.1. The SMILES string of the molecule is CC(=O)NCc1ccc(C(=O)N2CCN(CC(=O)N3CCCCC3C)CC2)s1. The molecule has 154 valence electrons. The third-order valence-electron chi connectivity index (χ3n) is 5.53. The van der Waals surface area contributed by atoms with Crippen LogP contribution in [0.2, 0.25) is 0 Å². The molecule has 0 bridgehead atoms. The first-order chi connectivity index (χ1) is 13.4. The highest BCUT2D eigenvalue weighted by Gasteiger charge is 2.28. The van der Waals surface area contributed by atoms with Gasteiger partial charge in [-0.3, -0.25) is 19.3 Å². The molecule has 3 heterocycles. The Hall–Kier alpha value is -1.93. The van der Waals surface area contributed by atoms with E-state index in [1.807, 2.05) is 21.9 Å². The smallest absolute Gasteiger partial charge is 0.264 e. The van der Waals surface area contributed by atoms with E-state index in [0.717, 1.165) is 37.4 Å². The summed E-state index contributed by atoms with van der Waals surface area (Å²) in [5.74, 6) is 0.174. The van der Waals surface area contributed by atoms with E-state index in [2.05, 4.69) is 17.1 Å². The lowest BCUT2D eigenvalue weighted by molar-refractivity contribution is -0.136. The van der Waals surface area contributed by atoms with Crippen molar-refractivity contribution in [3.8, 4) is 0 Å². The zero-order chi connectivity index (χ0) is 20.1. The van der Waals surface area contributed by atoms with Crippen LogP contribution in [-0.4, -0.2) is 77.7 Å². The van der Waals surface area contributed by atoms with Crippen LogP contribution in [0.3, 0.4) is 0 Å². The summed E-state index contributed by atoms with van der Waals surface area (Å²) in [5.41, 5.74) is 0. The first-order valence-corrected chi connectivity index (χ1v) is 10.9. The van der Waals surface area contributed by atoms with Crippen LogP contribution in [0.15, 0.2) is 12.1 Å². The van der Waals surface area contributed by atoms with Gasteiger partial charge in [-0.1, -0.05) is 0 Å². The number of nitrogens with zero attached hydrogens (tertiary/aromatic N) is 3. The van der Waals surface area contributed by atoms with Crippen LogP contribution in [0.1, 0.15) is 47.7 Å². The van der Waals surface area contributed by atoms with Crippen molar-refractivity contribution in [1.82, 2.24) is 20.0 Å². The summed E-state index contributed by atoms with van der Waals surface area (Å²) in [7, 11) is 0. The largest absolute Gasteiger partial charge is 0.351 e. The van der Waals surface area contributed by atoms with Crippen LogP contribution < -0.4 is 5.32 Å². The standard InChI is InChI=1S/C20H30N4O3S/c1-15-5-3-4-8-24(15)19(26)14-22-9-11-23(12-10-22)20(27)18-7-6-17(28-18)13-21-16(2)25/h6-7,15H,3-5,8-14H2,1-2H3,(H,21,25). The van der Waals surface area contributed by atoms with Crippen LogP contribution in [0, 0.1) is 0 Å². The van der Waals surface area contributed by atoms with Crippen molar-refractivity contribution in [2.45, 2.75) is 45.7 Å². The molecule has 3 amide bonds. The molecule has 7 nitrogen and oxygen atoms in total. The summed E-state index contributed by atoms with van der Waals surface area (Å²) in [5, 5.41) is 2.75. The van der Waals surface area contributed by atoms with Gasteiger partial charge in [0.1, 0.15) is 0 Å². The average molecular weight is 407 g/mol. The molecule has 2 aliphatic rings. The zero-order valence-corrected chi connectivity index (χ0v) is 17.6. The lowest BCUT2D eigenvalue weighted by Crippen LogP contribution is -2.53. The van der Waals surface area contributed by atoms with Crippen LogP contribution in [0.4, 0.5) is 0 Å². The van der Waals surface area contributed by atoms with E-state index in [9.17, 15) is 14.4 Å². The van der Waals surface area contributed by atoms with Crippen molar-refractivity contribution in [2.75, 3.05) is 39.3 Å². The minimum absolute atomic E-state index is 0.0368. The normalized spacial score (nSPS) is 20.9. The number of piperazine rings is 1. The van der Waals surface area contributed by atoms with Crippen molar-refractivity contribution in [1.29, 1.82) is 0 Å². The Labute approximate surface area is 170 Å². The Balaban J connectivity index is 1.46. The van der Waals surface area contributed by atoms with Crippen LogP contribution in [-0.2, 0) is 16.1 Å². The molecule has 8 heteroatoms. The molecule has 28 heavy (non-hydrogen) atoms. The van der Waals surface area contributed by atoms with Gasteiger partial charge in [-0.25, -0.2) is 0 Å². The number of hydrogen-bond donors (Lipinski definition) is 1. The molecule has 0 radical (unpaired) electrons. The molecule has 0 aliphatic carbocycles. The molecule has 1 N–H and O–H groups in total. The van der Waals surface area contributed by atoms with Gasteiger partial charge in [0.15, 0.2) is 0 Å². The summed E-state index contributed by atoms with van der Waals surface area (Å²) < 4.78 is 0. The third kappa shape index (κ3) is 5.32. The number of carbonyl (C=O) groups is 3. The molecule has 2 aliphatic heterocycles. The van der Waals surface area contributed by atoms with Gasteiger partial charge in [0, 0.05) is 50.6 Å². The number of piperidine rings is 1. The van der Waals surface area contributed by atoms with E-state index in [1.54, 1.807) is 0 Å². The highest BCUT2D eigenvalue weighted by molar-refractivity contribution is 7.14. The Morgan fingerprint density at radius 1 is 1.11 bits per heavy atom. The van der Waals surface area contributed by atoms with Gasteiger partial charge >= 0.3 is 0 Å². The van der Waals surface area contributed by atoms with E-state index in [4.69, 9.17) is 0 Å². The van der Waals surface area contributed by atoms with Crippen LogP contribution in [0.5, 0.6) is 0 Å². The van der Waals surface area contributed by atoms with Crippen molar-refractivity contribution < 1.29 is 14.4 Å². The van der Waals surface area contributed by atoms with Gasteiger partial charge in [-0.15, -0.1) is 11.3 Å². The maximum absolute atomic E-state index is 12.7. The highest BCUT2D eigenvalue weighted by atomic mass is 32.1. The fourth-order valence-electron chi connectivity index (χ4n) is 3.82. The lowest BCUT2D eigenvalue weighted by Gasteiger charge is -2.38. The molecule has 3 rings (SSSR count). The number of amides is 3.